The highest BCUT2D eigenvalue weighted by atomic mass is 32.2. The first-order valence-corrected chi connectivity index (χ1v) is 10.3. The molecule has 1 saturated heterocycles. The molecule has 0 saturated carbocycles. The number of carbonyl (C=O) groups is 1. The molecule has 0 radical (unpaired) electrons. The molecule has 13 heteroatoms. The Labute approximate surface area is 171 Å². The second kappa shape index (κ2) is 8.14. The molecule has 2 heterocycles. The van der Waals surface area contributed by atoms with Crippen molar-refractivity contribution in [2.24, 2.45) is 0 Å². The lowest BCUT2D eigenvalue weighted by atomic mass is 10.2. The Morgan fingerprint density at radius 1 is 1.30 bits per heavy atom. The van der Waals surface area contributed by atoms with Crippen LogP contribution in [-0.2, 0) is 16.6 Å². The number of carbonyl (C=O) groups excluding carboxylic acids is 1. The molecule has 10 nitrogen and oxygen atoms in total. The van der Waals surface area contributed by atoms with Crippen LogP contribution in [0.5, 0.6) is 11.5 Å². The third-order valence-electron chi connectivity index (χ3n) is 4.69. The second-order valence-electron chi connectivity index (χ2n) is 6.69. The van der Waals surface area contributed by atoms with E-state index in [2.05, 4.69) is 15.6 Å². The minimum absolute atomic E-state index is 0.00319. The molecular weight excluding hydrogens is 424 g/mol. The molecule has 0 spiro atoms. The van der Waals surface area contributed by atoms with Gasteiger partial charge in [-0.3, -0.25) is 9.48 Å². The van der Waals surface area contributed by atoms with Gasteiger partial charge in [-0.1, -0.05) is 5.21 Å². The average Bonchev–Trinajstić information content (AvgIpc) is 3.30. The summed E-state index contributed by atoms with van der Waals surface area (Å²) < 4.78 is 66.8. The first kappa shape index (κ1) is 21.9. The summed E-state index contributed by atoms with van der Waals surface area (Å²) in [5.74, 6) is -3.23. The maximum absolute atomic E-state index is 14.2. The van der Waals surface area contributed by atoms with E-state index in [-0.39, 0.29) is 22.9 Å². The van der Waals surface area contributed by atoms with E-state index in [0.717, 1.165) is 4.31 Å². The van der Waals surface area contributed by atoms with E-state index in [9.17, 15) is 22.0 Å². The second-order valence-corrected chi connectivity index (χ2v) is 8.58. The third kappa shape index (κ3) is 4.21. The number of halogens is 2. The quantitative estimate of drug-likeness (QED) is 0.669. The number of sulfonamides is 1. The van der Waals surface area contributed by atoms with Crippen LogP contribution in [0.2, 0.25) is 0 Å². The van der Waals surface area contributed by atoms with Crippen molar-refractivity contribution in [3.63, 3.8) is 0 Å². The summed E-state index contributed by atoms with van der Waals surface area (Å²) in [6, 6.07) is 2.80. The molecule has 0 aliphatic carbocycles. The van der Waals surface area contributed by atoms with E-state index in [1.54, 1.807) is 0 Å². The predicted octanol–water partition coefficient (Wildman–Crippen LogP) is 0.753. The Morgan fingerprint density at radius 3 is 2.63 bits per heavy atom. The van der Waals surface area contributed by atoms with E-state index in [1.807, 2.05) is 0 Å². The van der Waals surface area contributed by atoms with Crippen molar-refractivity contribution in [2.45, 2.75) is 29.8 Å². The predicted molar refractivity (Wildman–Crippen MR) is 100 cm³/mol. The van der Waals surface area contributed by atoms with Crippen LogP contribution in [0.4, 0.5) is 8.78 Å². The lowest BCUT2D eigenvalue weighted by Gasteiger charge is -2.23. The summed E-state index contributed by atoms with van der Waals surface area (Å²) in [5, 5.41) is 9.78. The summed E-state index contributed by atoms with van der Waals surface area (Å²) in [4.78, 5) is 11.4. The number of benzene rings is 1. The number of hydrogen-bond donors (Lipinski definition) is 1. The van der Waals surface area contributed by atoms with Crippen LogP contribution < -0.4 is 14.8 Å². The molecule has 0 unspecified atom stereocenters. The lowest BCUT2D eigenvalue weighted by Crippen LogP contribution is -2.38. The molecule has 1 fully saturated rings. The Hall–Kier alpha value is -2.80. The number of alkyl halides is 2. The maximum Gasteiger partial charge on any atom is 0.273 e. The molecule has 1 N–H and O–H groups in total. The average molecular weight is 445 g/mol. The zero-order valence-electron chi connectivity index (χ0n) is 16.5. The smallest absolute Gasteiger partial charge is 0.273 e. The molecule has 1 aliphatic rings. The summed E-state index contributed by atoms with van der Waals surface area (Å²) in [7, 11) is -0.121. The Morgan fingerprint density at radius 2 is 2.00 bits per heavy atom. The summed E-state index contributed by atoms with van der Waals surface area (Å²) in [6.45, 7) is -1.16. The topological polar surface area (TPSA) is 116 Å². The van der Waals surface area contributed by atoms with Gasteiger partial charge in [-0.05, 0) is 12.1 Å². The minimum Gasteiger partial charge on any atom is -0.493 e. The molecule has 30 heavy (non-hydrogen) atoms. The van der Waals surface area contributed by atoms with Gasteiger partial charge in [0.1, 0.15) is 0 Å². The number of nitrogens with zero attached hydrogens (tertiary/aromatic N) is 4. The largest absolute Gasteiger partial charge is 0.493 e. The zero-order valence-corrected chi connectivity index (χ0v) is 17.3. The third-order valence-corrected chi connectivity index (χ3v) is 6.58. The van der Waals surface area contributed by atoms with Crippen LogP contribution in [0.3, 0.4) is 0 Å². The van der Waals surface area contributed by atoms with Crippen molar-refractivity contribution in [2.75, 3.05) is 27.8 Å². The molecule has 1 aromatic carbocycles. The molecule has 164 valence electrons. The zero-order chi connectivity index (χ0) is 22.1. The highest BCUT2D eigenvalue weighted by molar-refractivity contribution is 7.89. The standard InChI is InChI=1S/C17H21F2N5O5S/c1-20-16(25)13-9-23(22-21-13)8-11-7-17(18,19)10-24(11)30(26,27)12-4-5-14(28-2)15(6-12)29-3/h4-6,9,11H,7-8,10H2,1-3H3,(H,20,25)/t11-/m0/s1. The molecule has 1 amide bonds. The lowest BCUT2D eigenvalue weighted by molar-refractivity contribution is 0.0168. The maximum atomic E-state index is 14.2. The fourth-order valence-electron chi connectivity index (χ4n) is 3.25. The van der Waals surface area contributed by atoms with Crippen LogP contribution in [0, 0.1) is 0 Å². The Bertz CT molecular complexity index is 1040. The van der Waals surface area contributed by atoms with Crippen LogP contribution in [0.25, 0.3) is 0 Å². The van der Waals surface area contributed by atoms with Gasteiger partial charge in [0.2, 0.25) is 10.0 Å². The summed E-state index contributed by atoms with van der Waals surface area (Å²) in [5.41, 5.74) is -0.00319. The minimum atomic E-state index is -4.27. The van der Waals surface area contributed by atoms with Gasteiger partial charge < -0.3 is 14.8 Å². The first-order valence-electron chi connectivity index (χ1n) is 8.85. The van der Waals surface area contributed by atoms with Gasteiger partial charge in [0.15, 0.2) is 17.2 Å². The van der Waals surface area contributed by atoms with Crippen molar-refractivity contribution in [1.82, 2.24) is 24.6 Å². The van der Waals surface area contributed by atoms with Crippen LogP contribution in [0.1, 0.15) is 16.9 Å². The molecule has 1 aromatic heterocycles. The number of hydrogen-bond acceptors (Lipinski definition) is 7. The van der Waals surface area contributed by atoms with Gasteiger partial charge in [-0.2, -0.15) is 4.31 Å². The molecule has 1 aliphatic heterocycles. The van der Waals surface area contributed by atoms with E-state index in [1.165, 1.54) is 50.3 Å². The molecule has 0 bridgehead atoms. The number of rotatable bonds is 7. The highest BCUT2D eigenvalue weighted by Crippen LogP contribution is 2.38. The number of amides is 1. The fraction of sp³-hybridized carbons (Fsp3) is 0.471. The van der Waals surface area contributed by atoms with Crippen LogP contribution >= 0.6 is 0 Å². The number of aromatic nitrogens is 3. The van der Waals surface area contributed by atoms with Crippen molar-refractivity contribution < 1.29 is 31.5 Å². The van der Waals surface area contributed by atoms with Crippen LogP contribution in [-0.4, -0.2) is 73.4 Å². The number of methoxy groups -OCH3 is 2. The monoisotopic (exact) mass is 445 g/mol. The van der Waals surface area contributed by atoms with Crippen molar-refractivity contribution in [1.29, 1.82) is 0 Å². The van der Waals surface area contributed by atoms with E-state index in [4.69, 9.17) is 9.47 Å². The fourth-order valence-corrected chi connectivity index (χ4v) is 4.91. The van der Waals surface area contributed by atoms with Gasteiger partial charge in [0, 0.05) is 19.5 Å². The Balaban J connectivity index is 1.91. The molecular formula is C17H21F2N5O5S. The first-order chi connectivity index (χ1) is 14.1. The van der Waals surface area contributed by atoms with Gasteiger partial charge in [0.05, 0.1) is 44.4 Å². The van der Waals surface area contributed by atoms with Gasteiger partial charge >= 0.3 is 0 Å². The Kier molecular flexibility index (Phi) is 5.94. The summed E-state index contributed by atoms with van der Waals surface area (Å²) in [6.07, 6.45) is 0.588. The van der Waals surface area contributed by atoms with Gasteiger partial charge in [0.25, 0.3) is 11.8 Å². The van der Waals surface area contributed by atoms with Crippen molar-refractivity contribution in [3.05, 3.63) is 30.1 Å². The van der Waals surface area contributed by atoms with Crippen LogP contribution in [0.15, 0.2) is 29.3 Å². The molecule has 2 aromatic rings. The molecule has 1 atom stereocenters. The van der Waals surface area contributed by atoms with E-state index < -0.39 is 40.9 Å². The molecule has 3 rings (SSSR count). The van der Waals surface area contributed by atoms with Gasteiger partial charge in [-0.25, -0.2) is 17.2 Å². The van der Waals surface area contributed by atoms with Crippen molar-refractivity contribution >= 4 is 15.9 Å². The summed E-state index contributed by atoms with van der Waals surface area (Å²) >= 11 is 0. The van der Waals surface area contributed by atoms with E-state index in [0.29, 0.717) is 5.75 Å². The number of ether oxygens (including phenoxy) is 2. The van der Waals surface area contributed by atoms with Crippen molar-refractivity contribution in [3.8, 4) is 11.5 Å². The van der Waals surface area contributed by atoms with Gasteiger partial charge in [-0.15, -0.1) is 5.10 Å². The number of nitrogens with one attached hydrogen (secondary N) is 1. The SMILES string of the molecule is CNC(=O)c1cn(C[C@@H]2CC(F)(F)CN2S(=O)(=O)c2ccc(OC)c(OC)c2)nn1. The normalized spacial score (nSPS) is 18.9. The van der Waals surface area contributed by atoms with E-state index >= 15 is 0 Å². The highest BCUT2D eigenvalue weighted by Gasteiger charge is 2.50.